The van der Waals surface area contributed by atoms with E-state index in [1.165, 1.54) is 6.07 Å². The Morgan fingerprint density at radius 1 is 1.08 bits per heavy atom. The number of carbonyl (C=O) groups excluding carboxylic acids is 1. The van der Waals surface area contributed by atoms with Crippen molar-refractivity contribution in [3.05, 3.63) is 41.4 Å². The Bertz CT molecular complexity index is 876. The van der Waals surface area contributed by atoms with E-state index < -0.39 is 21.7 Å². The van der Waals surface area contributed by atoms with Crippen molar-refractivity contribution in [2.75, 3.05) is 13.1 Å². The number of carbonyl (C=O) groups is 1. The lowest BCUT2D eigenvalue weighted by atomic mass is 10.1. The molecule has 2 aromatic carbocycles. The lowest BCUT2D eigenvalue weighted by molar-refractivity contribution is 0.0529. The van der Waals surface area contributed by atoms with Crippen molar-refractivity contribution >= 4 is 38.5 Å². The molecule has 2 rings (SSSR count). The van der Waals surface area contributed by atoms with Crippen molar-refractivity contribution in [1.82, 2.24) is 10.0 Å². The fourth-order valence-electron chi connectivity index (χ4n) is 2.22. The lowest BCUT2D eigenvalue weighted by Crippen LogP contribution is -2.37. The largest absolute Gasteiger partial charge is 0.444 e. The summed E-state index contributed by atoms with van der Waals surface area (Å²) in [7, 11) is -3.74. The highest BCUT2D eigenvalue weighted by Crippen LogP contribution is 2.28. The zero-order valence-corrected chi connectivity index (χ0v) is 15.9. The predicted octanol–water partition coefficient (Wildman–Crippen LogP) is 3.30. The minimum absolute atomic E-state index is 0.0402. The maximum Gasteiger partial charge on any atom is 0.407 e. The number of rotatable bonds is 5. The number of fused-ring (bicyclic) bond motifs is 1. The minimum atomic E-state index is -3.74. The number of benzene rings is 2. The third-order valence-electron chi connectivity index (χ3n) is 3.20. The third-order valence-corrected chi connectivity index (χ3v) is 5.05. The van der Waals surface area contributed by atoms with Crippen LogP contribution in [-0.2, 0) is 14.8 Å². The first-order chi connectivity index (χ1) is 11.6. The molecule has 0 heterocycles. The van der Waals surface area contributed by atoms with Gasteiger partial charge >= 0.3 is 6.09 Å². The second kappa shape index (κ2) is 7.59. The second-order valence-electron chi connectivity index (χ2n) is 6.42. The summed E-state index contributed by atoms with van der Waals surface area (Å²) in [4.78, 5) is 11.7. The SMILES string of the molecule is CC(C)(C)OC(=O)NCCNS(=O)(=O)c1cccc2c(Cl)cccc12. The molecule has 0 spiro atoms. The summed E-state index contributed by atoms with van der Waals surface area (Å²) in [5, 5.41) is 4.20. The van der Waals surface area contributed by atoms with Crippen LogP contribution in [0.2, 0.25) is 5.02 Å². The van der Waals surface area contributed by atoms with E-state index in [1.807, 2.05) is 0 Å². The molecule has 1 amide bonds. The average molecular weight is 385 g/mol. The molecule has 8 heteroatoms. The van der Waals surface area contributed by atoms with Crippen LogP contribution in [0.3, 0.4) is 0 Å². The molecule has 0 aliphatic rings. The van der Waals surface area contributed by atoms with E-state index in [2.05, 4.69) is 10.0 Å². The number of hydrogen-bond donors (Lipinski definition) is 2. The average Bonchev–Trinajstić information content (AvgIpc) is 2.50. The molecule has 6 nitrogen and oxygen atoms in total. The first-order valence-corrected chi connectivity index (χ1v) is 9.60. The van der Waals surface area contributed by atoms with Gasteiger partial charge in [-0.3, -0.25) is 0 Å². The first kappa shape index (κ1) is 19.5. The Morgan fingerprint density at radius 2 is 1.72 bits per heavy atom. The quantitative estimate of drug-likeness (QED) is 0.774. The summed E-state index contributed by atoms with van der Waals surface area (Å²) in [5.74, 6) is 0. The van der Waals surface area contributed by atoms with Crippen molar-refractivity contribution < 1.29 is 17.9 Å². The van der Waals surface area contributed by atoms with Gasteiger partial charge in [-0.15, -0.1) is 0 Å². The van der Waals surface area contributed by atoms with Gasteiger partial charge in [0.25, 0.3) is 0 Å². The normalized spacial score (nSPS) is 12.2. The maximum absolute atomic E-state index is 12.5. The Morgan fingerprint density at radius 3 is 2.40 bits per heavy atom. The number of alkyl carbamates (subject to hydrolysis) is 1. The molecule has 0 saturated carbocycles. The Kier molecular flexibility index (Phi) is 5.92. The molecule has 2 N–H and O–H groups in total. The van der Waals surface area contributed by atoms with E-state index in [1.54, 1.807) is 51.1 Å². The van der Waals surface area contributed by atoms with Crippen LogP contribution in [0.15, 0.2) is 41.3 Å². The van der Waals surface area contributed by atoms with E-state index in [4.69, 9.17) is 16.3 Å². The number of hydrogen-bond acceptors (Lipinski definition) is 4. The van der Waals surface area contributed by atoms with E-state index in [9.17, 15) is 13.2 Å². The smallest absolute Gasteiger partial charge is 0.407 e. The lowest BCUT2D eigenvalue weighted by Gasteiger charge is -2.19. The van der Waals surface area contributed by atoms with Crippen LogP contribution < -0.4 is 10.0 Å². The van der Waals surface area contributed by atoms with Gasteiger partial charge in [0.1, 0.15) is 5.60 Å². The van der Waals surface area contributed by atoms with E-state index >= 15 is 0 Å². The van der Waals surface area contributed by atoms with E-state index in [-0.39, 0.29) is 18.0 Å². The Balaban J connectivity index is 2.04. The molecule has 136 valence electrons. The Hall–Kier alpha value is -1.83. The molecule has 0 saturated heterocycles. The molecule has 25 heavy (non-hydrogen) atoms. The molecular formula is C17H21ClN2O4S. The molecule has 0 aliphatic heterocycles. The third kappa shape index (κ3) is 5.32. The van der Waals surface area contributed by atoms with Gasteiger partial charge in [-0.2, -0.15) is 0 Å². The number of ether oxygens (including phenoxy) is 1. The Labute approximate surface area is 152 Å². The fraction of sp³-hybridized carbons (Fsp3) is 0.353. The second-order valence-corrected chi connectivity index (χ2v) is 8.56. The van der Waals surface area contributed by atoms with Crippen LogP contribution in [0.5, 0.6) is 0 Å². The zero-order chi connectivity index (χ0) is 18.7. The molecule has 0 bridgehead atoms. The van der Waals surface area contributed by atoms with Crippen LogP contribution in [0.25, 0.3) is 10.8 Å². The standard InChI is InChI=1S/C17H21ClN2O4S/c1-17(2,3)24-16(21)19-10-11-20-25(22,23)15-9-5-6-12-13(15)7-4-8-14(12)18/h4-9,20H,10-11H2,1-3H3,(H,19,21). The highest BCUT2D eigenvalue weighted by atomic mass is 35.5. The van der Waals surface area contributed by atoms with Crippen molar-refractivity contribution in [2.45, 2.75) is 31.3 Å². The maximum atomic E-state index is 12.5. The van der Waals surface area contributed by atoms with Crippen LogP contribution in [0, 0.1) is 0 Å². The van der Waals surface area contributed by atoms with Crippen molar-refractivity contribution in [3.8, 4) is 0 Å². The molecule has 0 atom stereocenters. The van der Waals surface area contributed by atoms with Gasteiger partial charge in [0.15, 0.2) is 0 Å². The number of halogens is 1. The molecule has 2 aromatic rings. The summed E-state index contributed by atoms with van der Waals surface area (Å²) in [6.45, 7) is 5.40. The van der Waals surface area contributed by atoms with Gasteiger partial charge in [-0.25, -0.2) is 17.9 Å². The summed E-state index contributed by atoms with van der Waals surface area (Å²) in [6.07, 6.45) is -0.594. The van der Waals surface area contributed by atoms with Crippen molar-refractivity contribution in [2.24, 2.45) is 0 Å². The minimum Gasteiger partial charge on any atom is -0.444 e. The predicted molar refractivity (Wildman–Crippen MR) is 98.4 cm³/mol. The van der Waals surface area contributed by atoms with E-state index in [0.717, 1.165) is 0 Å². The molecule has 0 radical (unpaired) electrons. The molecule has 0 aliphatic carbocycles. The van der Waals surface area contributed by atoms with Gasteiger partial charge in [0, 0.05) is 28.9 Å². The molecule has 0 aromatic heterocycles. The highest BCUT2D eigenvalue weighted by Gasteiger charge is 2.18. The van der Waals surface area contributed by atoms with Gasteiger partial charge in [-0.05, 0) is 32.9 Å². The van der Waals surface area contributed by atoms with Crippen LogP contribution >= 0.6 is 11.6 Å². The van der Waals surface area contributed by atoms with Gasteiger partial charge in [0.2, 0.25) is 10.0 Å². The van der Waals surface area contributed by atoms with Gasteiger partial charge < -0.3 is 10.1 Å². The highest BCUT2D eigenvalue weighted by molar-refractivity contribution is 7.89. The summed E-state index contributed by atoms with van der Waals surface area (Å²) in [5.41, 5.74) is -0.605. The molecule has 0 unspecified atom stereocenters. The van der Waals surface area contributed by atoms with E-state index in [0.29, 0.717) is 15.8 Å². The van der Waals surface area contributed by atoms with Crippen LogP contribution in [0.4, 0.5) is 4.79 Å². The molecule has 0 fully saturated rings. The summed E-state index contributed by atoms with van der Waals surface area (Å²) in [6, 6.07) is 10.0. The fourth-order valence-corrected chi connectivity index (χ4v) is 3.71. The van der Waals surface area contributed by atoms with Crippen molar-refractivity contribution in [3.63, 3.8) is 0 Å². The number of amides is 1. The van der Waals surface area contributed by atoms with Crippen molar-refractivity contribution in [1.29, 1.82) is 0 Å². The molecular weight excluding hydrogens is 364 g/mol. The van der Waals surface area contributed by atoms with Gasteiger partial charge in [-0.1, -0.05) is 35.9 Å². The zero-order valence-electron chi connectivity index (χ0n) is 14.3. The number of nitrogens with one attached hydrogen (secondary N) is 2. The number of sulfonamides is 1. The van der Waals surface area contributed by atoms with Crippen LogP contribution in [-0.4, -0.2) is 33.2 Å². The van der Waals surface area contributed by atoms with Gasteiger partial charge in [0.05, 0.1) is 4.90 Å². The summed E-state index contributed by atoms with van der Waals surface area (Å²) < 4.78 is 32.6. The first-order valence-electron chi connectivity index (χ1n) is 7.74. The van der Waals surface area contributed by atoms with Crippen LogP contribution in [0.1, 0.15) is 20.8 Å². The monoisotopic (exact) mass is 384 g/mol. The topological polar surface area (TPSA) is 84.5 Å². The summed E-state index contributed by atoms with van der Waals surface area (Å²) >= 11 is 6.12.